The van der Waals surface area contributed by atoms with E-state index in [0.29, 0.717) is 21.8 Å². The van der Waals surface area contributed by atoms with Gasteiger partial charge in [0.1, 0.15) is 0 Å². The zero-order valence-corrected chi connectivity index (χ0v) is 18.8. The van der Waals surface area contributed by atoms with Crippen LogP contribution >= 0.6 is 23.2 Å². The number of rotatable bonds is 8. The van der Waals surface area contributed by atoms with Crippen LogP contribution in [0.1, 0.15) is 33.6 Å². The molecule has 0 unspecified atom stereocenters. The maximum absolute atomic E-state index is 12.8. The molecule has 3 rings (SSSR count). The largest absolute Gasteiger partial charge is 0.465 e. The topological polar surface area (TPSA) is 90.0 Å². The van der Waals surface area contributed by atoms with Gasteiger partial charge < -0.3 is 14.4 Å². The van der Waals surface area contributed by atoms with Crippen molar-refractivity contribution in [1.29, 1.82) is 0 Å². The summed E-state index contributed by atoms with van der Waals surface area (Å²) in [6.07, 6.45) is -0.946. The standard InChI is InChI=1S/C23H21Cl2NO6/c1-31-22(29)15-4-8-18(9-5-15)26-13-16(12-20(26)27)23(30)32-19(10-11-24)21(28)14-2-6-17(25)7-3-14/h2-9,16,19H,10-13H2,1H3/t16-,19+/m1/s1. The van der Waals surface area contributed by atoms with Gasteiger partial charge in [0, 0.05) is 41.5 Å². The van der Waals surface area contributed by atoms with Gasteiger partial charge in [0.05, 0.1) is 18.6 Å². The van der Waals surface area contributed by atoms with E-state index in [0.717, 1.165) is 0 Å². The number of anilines is 1. The first-order valence-electron chi connectivity index (χ1n) is 9.89. The summed E-state index contributed by atoms with van der Waals surface area (Å²) in [6.45, 7) is 0.109. The van der Waals surface area contributed by atoms with Crippen molar-refractivity contribution in [3.05, 3.63) is 64.7 Å². The molecule has 0 saturated carbocycles. The number of methoxy groups -OCH3 is 1. The number of ketones is 1. The highest BCUT2D eigenvalue weighted by Gasteiger charge is 2.38. The highest BCUT2D eigenvalue weighted by Crippen LogP contribution is 2.27. The third-order valence-electron chi connectivity index (χ3n) is 5.11. The fraction of sp³-hybridized carbons (Fsp3) is 0.304. The lowest BCUT2D eigenvalue weighted by atomic mass is 10.0. The first-order valence-corrected chi connectivity index (χ1v) is 10.8. The fourth-order valence-electron chi connectivity index (χ4n) is 3.39. The number of esters is 2. The first-order chi connectivity index (χ1) is 15.3. The second-order valence-corrected chi connectivity index (χ2v) is 8.03. The van der Waals surface area contributed by atoms with Gasteiger partial charge in [-0.3, -0.25) is 14.4 Å². The van der Waals surface area contributed by atoms with Gasteiger partial charge in [-0.25, -0.2) is 4.79 Å². The van der Waals surface area contributed by atoms with Crippen molar-refractivity contribution in [2.45, 2.75) is 18.9 Å². The lowest BCUT2D eigenvalue weighted by molar-refractivity contribution is -0.151. The van der Waals surface area contributed by atoms with Crippen LogP contribution in [0.15, 0.2) is 48.5 Å². The Morgan fingerprint density at radius 3 is 2.28 bits per heavy atom. The van der Waals surface area contributed by atoms with Crippen LogP contribution in [0.5, 0.6) is 0 Å². The monoisotopic (exact) mass is 477 g/mol. The Balaban J connectivity index is 1.67. The van der Waals surface area contributed by atoms with Gasteiger partial charge in [0.25, 0.3) is 0 Å². The molecule has 2 aromatic rings. The number of alkyl halides is 1. The molecule has 168 valence electrons. The van der Waals surface area contributed by atoms with Crippen LogP contribution < -0.4 is 4.90 Å². The quantitative estimate of drug-likeness (QED) is 0.325. The predicted molar refractivity (Wildman–Crippen MR) is 119 cm³/mol. The maximum Gasteiger partial charge on any atom is 0.337 e. The van der Waals surface area contributed by atoms with E-state index in [4.69, 9.17) is 27.9 Å². The summed E-state index contributed by atoms with van der Waals surface area (Å²) in [6, 6.07) is 12.6. The summed E-state index contributed by atoms with van der Waals surface area (Å²) in [5.41, 5.74) is 1.25. The number of carbonyl (C=O) groups is 4. The smallest absolute Gasteiger partial charge is 0.337 e. The van der Waals surface area contributed by atoms with E-state index in [1.807, 2.05) is 0 Å². The van der Waals surface area contributed by atoms with Gasteiger partial charge in [0.2, 0.25) is 11.7 Å². The minimum atomic E-state index is -1.05. The molecule has 0 aliphatic carbocycles. The van der Waals surface area contributed by atoms with Crippen LogP contribution in [0, 0.1) is 5.92 Å². The average molecular weight is 478 g/mol. The van der Waals surface area contributed by atoms with Crippen LogP contribution in [0.3, 0.4) is 0 Å². The van der Waals surface area contributed by atoms with Gasteiger partial charge in [-0.2, -0.15) is 0 Å². The predicted octanol–water partition coefficient (Wildman–Crippen LogP) is 3.90. The first kappa shape index (κ1) is 23.8. The van der Waals surface area contributed by atoms with Gasteiger partial charge in [0.15, 0.2) is 6.10 Å². The van der Waals surface area contributed by atoms with E-state index >= 15 is 0 Å². The molecule has 7 nitrogen and oxygen atoms in total. The minimum Gasteiger partial charge on any atom is -0.465 e. The highest BCUT2D eigenvalue weighted by atomic mass is 35.5. The van der Waals surface area contributed by atoms with Crippen molar-refractivity contribution >= 4 is 52.5 Å². The summed E-state index contributed by atoms with van der Waals surface area (Å²) < 4.78 is 10.1. The number of amides is 1. The second-order valence-electron chi connectivity index (χ2n) is 7.22. The lowest BCUT2D eigenvalue weighted by Gasteiger charge is -2.19. The van der Waals surface area contributed by atoms with Gasteiger partial charge >= 0.3 is 11.9 Å². The number of halogens is 2. The molecular formula is C23H21Cl2NO6. The molecular weight excluding hydrogens is 457 g/mol. The van der Waals surface area contributed by atoms with E-state index < -0.39 is 24.0 Å². The Hall–Kier alpha value is -2.90. The molecule has 1 saturated heterocycles. The van der Waals surface area contributed by atoms with E-state index in [1.165, 1.54) is 12.0 Å². The van der Waals surface area contributed by atoms with E-state index in [9.17, 15) is 19.2 Å². The molecule has 0 bridgehead atoms. The Morgan fingerprint density at radius 2 is 1.69 bits per heavy atom. The molecule has 1 amide bonds. The molecule has 32 heavy (non-hydrogen) atoms. The molecule has 0 spiro atoms. The van der Waals surface area contributed by atoms with Crippen molar-refractivity contribution in [3.63, 3.8) is 0 Å². The highest BCUT2D eigenvalue weighted by molar-refractivity contribution is 6.30. The Labute approximate surface area is 195 Å². The van der Waals surface area contributed by atoms with Crippen LogP contribution in [-0.2, 0) is 19.1 Å². The third-order valence-corrected chi connectivity index (χ3v) is 5.58. The third kappa shape index (κ3) is 5.47. The molecule has 0 N–H and O–H groups in total. The van der Waals surface area contributed by atoms with E-state index in [1.54, 1.807) is 48.5 Å². The van der Waals surface area contributed by atoms with Crippen molar-refractivity contribution < 1.29 is 28.7 Å². The van der Waals surface area contributed by atoms with Gasteiger partial charge in [-0.05, 0) is 48.5 Å². The number of benzene rings is 2. The number of carbonyl (C=O) groups excluding carboxylic acids is 4. The van der Waals surface area contributed by atoms with Gasteiger partial charge in [-0.15, -0.1) is 11.6 Å². The number of hydrogen-bond acceptors (Lipinski definition) is 6. The summed E-state index contributed by atoms with van der Waals surface area (Å²) in [5.74, 6) is -2.35. The Morgan fingerprint density at radius 1 is 1.06 bits per heavy atom. The molecule has 1 aliphatic rings. The van der Waals surface area contributed by atoms with Crippen molar-refractivity contribution in [2.24, 2.45) is 5.92 Å². The van der Waals surface area contributed by atoms with Crippen molar-refractivity contribution in [2.75, 3.05) is 24.4 Å². The fourth-order valence-corrected chi connectivity index (χ4v) is 3.71. The number of nitrogens with zero attached hydrogens (tertiary/aromatic N) is 1. The summed E-state index contributed by atoms with van der Waals surface area (Å²) in [5, 5.41) is 0.483. The zero-order valence-electron chi connectivity index (χ0n) is 17.3. The van der Waals surface area contributed by atoms with Crippen LogP contribution in [-0.4, -0.2) is 49.3 Å². The van der Waals surface area contributed by atoms with Crippen LogP contribution in [0.2, 0.25) is 5.02 Å². The Bertz CT molecular complexity index is 1010. The second kappa shape index (κ2) is 10.6. The SMILES string of the molecule is COC(=O)c1ccc(N2C[C@H](C(=O)O[C@@H](CCCl)C(=O)c3ccc(Cl)cc3)CC2=O)cc1. The Kier molecular flexibility index (Phi) is 7.88. The molecule has 1 heterocycles. The molecule has 2 atom stereocenters. The maximum atomic E-state index is 12.8. The van der Waals surface area contributed by atoms with Crippen molar-refractivity contribution in [3.8, 4) is 0 Å². The van der Waals surface area contributed by atoms with Gasteiger partial charge in [-0.1, -0.05) is 11.6 Å². The molecule has 0 radical (unpaired) electrons. The van der Waals surface area contributed by atoms with Crippen molar-refractivity contribution in [1.82, 2.24) is 0 Å². The normalized spacial score (nSPS) is 16.5. The molecule has 9 heteroatoms. The average Bonchev–Trinajstić information content (AvgIpc) is 3.20. The zero-order chi connectivity index (χ0) is 23.3. The summed E-state index contributed by atoms with van der Waals surface area (Å²) >= 11 is 11.7. The summed E-state index contributed by atoms with van der Waals surface area (Å²) in [7, 11) is 1.28. The molecule has 0 aromatic heterocycles. The van der Waals surface area contributed by atoms with E-state index in [2.05, 4.69) is 4.74 Å². The molecule has 2 aromatic carbocycles. The molecule has 1 fully saturated rings. The summed E-state index contributed by atoms with van der Waals surface area (Å²) in [4.78, 5) is 51.0. The number of Topliss-reactive ketones (excluding diaryl/α,β-unsaturated/α-hetero) is 1. The minimum absolute atomic E-state index is 0.0414. The number of hydrogen-bond donors (Lipinski definition) is 0. The van der Waals surface area contributed by atoms with Crippen LogP contribution in [0.25, 0.3) is 0 Å². The number of ether oxygens (including phenoxy) is 2. The lowest BCUT2D eigenvalue weighted by Crippen LogP contribution is -2.32. The van der Waals surface area contributed by atoms with Crippen LogP contribution in [0.4, 0.5) is 5.69 Å². The van der Waals surface area contributed by atoms with E-state index in [-0.39, 0.29) is 37.0 Å². The molecule has 1 aliphatic heterocycles.